The molecule has 3 heterocycles. The van der Waals surface area contributed by atoms with Crippen LogP contribution in [0, 0.1) is 0 Å². The van der Waals surface area contributed by atoms with Gasteiger partial charge in [-0.3, -0.25) is 14.6 Å². The van der Waals surface area contributed by atoms with E-state index in [0.29, 0.717) is 17.1 Å². The van der Waals surface area contributed by atoms with Crippen LogP contribution in [0.4, 0.5) is 5.69 Å². The smallest absolute Gasteiger partial charge is 0.259 e. The van der Waals surface area contributed by atoms with E-state index in [-0.39, 0.29) is 17.8 Å². The minimum atomic E-state index is -1.07. The van der Waals surface area contributed by atoms with Gasteiger partial charge < -0.3 is 10.6 Å². The molecule has 1 amide bonds. The molecule has 0 unspecified atom stereocenters. The van der Waals surface area contributed by atoms with Crippen molar-refractivity contribution in [2.24, 2.45) is 4.99 Å². The summed E-state index contributed by atoms with van der Waals surface area (Å²) >= 11 is 0. The minimum Gasteiger partial charge on any atom is -0.388 e. The first-order valence-corrected chi connectivity index (χ1v) is 12.3. The average molecular weight is 501 g/mol. The third kappa shape index (κ3) is 4.22. The van der Waals surface area contributed by atoms with Crippen LogP contribution in [0.2, 0.25) is 0 Å². The van der Waals surface area contributed by atoms with Crippen molar-refractivity contribution in [3.8, 4) is 11.3 Å². The number of fused-ring (bicyclic) bond motifs is 2. The summed E-state index contributed by atoms with van der Waals surface area (Å²) in [7, 11) is 1.84. The van der Waals surface area contributed by atoms with Crippen molar-refractivity contribution in [2.45, 2.75) is 12.6 Å². The molecule has 2 N–H and O–H groups in total. The molecule has 1 aliphatic heterocycles. The number of ketones is 1. The van der Waals surface area contributed by atoms with Crippen LogP contribution < -0.4 is 10.6 Å². The third-order valence-electron chi connectivity index (χ3n) is 6.58. The zero-order chi connectivity index (χ0) is 26.1. The van der Waals surface area contributed by atoms with E-state index in [1.54, 1.807) is 23.0 Å². The number of aromatic nitrogens is 3. The second kappa shape index (κ2) is 9.74. The number of amides is 1. The molecular formula is C30H24N6O2. The number of anilines is 1. The Labute approximate surface area is 219 Å². The summed E-state index contributed by atoms with van der Waals surface area (Å²) in [6, 6.07) is 26.8. The first kappa shape index (κ1) is 23.3. The lowest BCUT2D eigenvalue weighted by Crippen LogP contribution is -2.40. The zero-order valence-electron chi connectivity index (χ0n) is 20.6. The van der Waals surface area contributed by atoms with Crippen LogP contribution in [0.5, 0.6) is 0 Å². The monoisotopic (exact) mass is 500 g/mol. The fraction of sp³-hybridized carbons (Fsp3) is 0.100. The van der Waals surface area contributed by atoms with Gasteiger partial charge in [0, 0.05) is 48.2 Å². The lowest BCUT2D eigenvalue weighted by molar-refractivity contribution is -0.120. The summed E-state index contributed by atoms with van der Waals surface area (Å²) in [4.78, 5) is 36.4. The number of nitrogens with zero attached hydrogens (tertiary/aromatic N) is 4. The Morgan fingerprint density at radius 3 is 2.47 bits per heavy atom. The number of carbonyl (C=O) groups excluding carboxylic acids is 2. The summed E-state index contributed by atoms with van der Waals surface area (Å²) in [5.41, 5.74) is 6.14. The molecule has 0 saturated carbocycles. The molecule has 0 spiro atoms. The summed E-state index contributed by atoms with van der Waals surface area (Å²) in [6.07, 6.45) is 2.44. The molecule has 1 atom stereocenters. The van der Waals surface area contributed by atoms with E-state index in [0.717, 1.165) is 27.9 Å². The molecule has 8 nitrogen and oxygen atoms in total. The predicted molar refractivity (Wildman–Crippen MR) is 146 cm³/mol. The van der Waals surface area contributed by atoms with Crippen LogP contribution in [0.3, 0.4) is 0 Å². The molecule has 186 valence electrons. The first-order chi connectivity index (χ1) is 18.6. The Morgan fingerprint density at radius 1 is 0.921 bits per heavy atom. The molecule has 1 aliphatic rings. The molecule has 0 radical (unpaired) electrons. The van der Waals surface area contributed by atoms with E-state index >= 15 is 0 Å². The number of rotatable bonds is 5. The highest BCUT2D eigenvalue weighted by Crippen LogP contribution is 2.27. The Balaban J connectivity index is 1.43. The van der Waals surface area contributed by atoms with E-state index in [1.807, 2.05) is 85.9 Å². The van der Waals surface area contributed by atoms with Gasteiger partial charge >= 0.3 is 0 Å². The number of aliphatic imine (C=N–C) groups is 1. The number of Topliss-reactive ketones (excluding diaryl/α,β-unsaturated/α-hetero) is 1. The number of hydrogen-bond donors (Lipinski definition) is 2. The first-order valence-electron chi connectivity index (χ1n) is 12.3. The van der Waals surface area contributed by atoms with E-state index < -0.39 is 12.1 Å². The van der Waals surface area contributed by atoms with Crippen molar-refractivity contribution in [1.82, 2.24) is 19.9 Å². The third-order valence-corrected chi connectivity index (χ3v) is 6.58. The maximum absolute atomic E-state index is 13.8. The maximum Gasteiger partial charge on any atom is 0.259 e. The summed E-state index contributed by atoms with van der Waals surface area (Å²) in [5, 5.41) is 10.6. The molecule has 2 aromatic heterocycles. The van der Waals surface area contributed by atoms with Crippen molar-refractivity contribution in [3.63, 3.8) is 0 Å². The Kier molecular flexibility index (Phi) is 5.97. The van der Waals surface area contributed by atoms with Gasteiger partial charge in [-0.15, -0.1) is 0 Å². The van der Waals surface area contributed by atoms with Crippen LogP contribution in [-0.2, 0) is 11.2 Å². The number of carbonyl (C=O) groups is 2. The molecular weight excluding hydrogens is 476 g/mol. The zero-order valence-corrected chi connectivity index (χ0v) is 20.6. The van der Waals surface area contributed by atoms with Gasteiger partial charge in [0.2, 0.25) is 0 Å². The van der Waals surface area contributed by atoms with Crippen molar-refractivity contribution in [2.75, 3.05) is 12.4 Å². The summed E-state index contributed by atoms with van der Waals surface area (Å²) < 4.78 is 1.57. The highest BCUT2D eigenvalue weighted by atomic mass is 16.2. The fourth-order valence-electron chi connectivity index (χ4n) is 4.69. The number of nitrogens with one attached hydrogen (secondary N) is 2. The Bertz CT molecular complexity index is 1690. The van der Waals surface area contributed by atoms with Crippen molar-refractivity contribution < 1.29 is 9.59 Å². The molecule has 6 rings (SSSR count). The quantitative estimate of drug-likeness (QED) is 0.378. The van der Waals surface area contributed by atoms with E-state index in [2.05, 4.69) is 20.7 Å². The Hall–Kier alpha value is -5.11. The van der Waals surface area contributed by atoms with Gasteiger partial charge in [0.15, 0.2) is 17.6 Å². The predicted octanol–water partition coefficient (Wildman–Crippen LogP) is 4.16. The lowest BCUT2D eigenvalue weighted by Gasteiger charge is -2.14. The van der Waals surface area contributed by atoms with Gasteiger partial charge in [0.05, 0.1) is 5.71 Å². The molecule has 8 heteroatoms. The topological polar surface area (TPSA) is 101 Å². The lowest BCUT2D eigenvalue weighted by atomic mass is 9.96. The fourth-order valence-corrected chi connectivity index (χ4v) is 4.69. The van der Waals surface area contributed by atoms with Gasteiger partial charge in [0.25, 0.3) is 5.91 Å². The van der Waals surface area contributed by atoms with E-state index in [4.69, 9.17) is 4.99 Å². The second-order valence-electron chi connectivity index (χ2n) is 8.96. The largest absolute Gasteiger partial charge is 0.388 e. The van der Waals surface area contributed by atoms with Crippen LogP contribution in [-0.4, -0.2) is 45.2 Å². The summed E-state index contributed by atoms with van der Waals surface area (Å²) in [6.45, 7) is 0. The second-order valence-corrected chi connectivity index (χ2v) is 8.96. The van der Waals surface area contributed by atoms with E-state index in [1.165, 1.54) is 0 Å². The highest BCUT2D eigenvalue weighted by molar-refractivity contribution is 6.16. The minimum absolute atomic E-state index is 0.159. The standard InChI is InChI=1S/C30H24N6O2/c1-31-22-14-12-20(13-15-22)27-25(29-32-16-7-17-36(29)35-27)30(38)34-28-24(37)18-21-10-5-6-11-23(21)26(33-28)19-8-3-2-4-9-19/h2-17,28,31H,18H2,1H3,(H,34,38)/t28-/m1/s1. The number of benzene rings is 3. The van der Waals surface area contributed by atoms with Gasteiger partial charge in [-0.25, -0.2) is 9.50 Å². The molecule has 0 aliphatic carbocycles. The molecule has 0 saturated heterocycles. The van der Waals surface area contributed by atoms with Crippen molar-refractivity contribution in [3.05, 3.63) is 120 Å². The van der Waals surface area contributed by atoms with Gasteiger partial charge in [-0.05, 0) is 23.8 Å². The Morgan fingerprint density at radius 2 is 1.68 bits per heavy atom. The molecule has 38 heavy (non-hydrogen) atoms. The van der Waals surface area contributed by atoms with Crippen LogP contribution in [0.1, 0.15) is 27.0 Å². The molecule has 5 aromatic rings. The van der Waals surface area contributed by atoms with Gasteiger partial charge in [-0.2, -0.15) is 5.10 Å². The molecule has 0 bridgehead atoms. The maximum atomic E-state index is 13.8. The van der Waals surface area contributed by atoms with Crippen molar-refractivity contribution in [1.29, 1.82) is 0 Å². The SMILES string of the molecule is CNc1ccc(-c2nn3cccnc3c2C(=O)N[C@H]2N=C(c3ccccc3)c3ccccc3CC2=O)cc1. The van der Waals surface area contributed by atoms with Gasteiger partial charge in [0.1, 0.15) is 11.3 Å². The van der Waals surface area contributed by atoms with E-state index in [9.17, 15) is 9.59 Å². The van der Waals surface area contributed by atoms with Crippen LogP contribution >= 0.6 is 0 Å². The van der Waals surface area contributed by atoms with Crippen molar-refractivity contribution >= 4 is 28.7 Å². The van der Waals surface area contributed by atoms with Crippen LogP contribution in [0.25, 0.3) is 16.9 Å². The average Bonchev–Trinajstić information content (AvgIpc) is 3.29. The van der Waals surface area contributed by atoms with Gasteiger partial charge in [-0.1, -0.05) is 66.7 Å². The summed E-state index contributed by atoms with van der Waals surface area (Å²) in [5.74, 6) is -0.659. The number of hydrogen-bond acceptors (Lipinski definition) is 6. The van der Waals surface area contributed by atoms with Crippen LogP contribution in [0.15, 0.2) is 102 Å². The molecule has 0 fully saturated rings. The normalized spacial score (nSPS) is 14.9. The highest BCUT2D eigenvalue weighted by Gasteiger charge is 2.30. The molecule has 3 aromatic carbocycles.